The quantitative estimate of drug-likeness (QED) is 0.843. The van der Waals surface area contributed by atoms with Crippen molar-refractivity contribution in [1.29, 1.82) is 0 Å². The van der Waals surface area contributed by atoms with Gasteiger partial charge >= 0.3 is 0 Å². The lowest BCUT2D eigenvalue weighted by molar-refractivity contribution is -0.134. The van der Waals surface area contributed by atoms with Gasteiger partial charge in [-0.25, -0.2) is 0 Å². The molecule has 2 N–H and O–H groups in total. The second kappa shape index (κ2) is 7.28. The topological polar surface area (TPSA) is 68.8 Å². The zero-order valence-corrected chi connectivity index (χ0v) is 12.6. The third-order valence-electron chi connectivity index (χ3n) is 3.48. The van der Waals surface area contributed by atoms with Gasteiger partial charge in [-0.15, -0.1) is 0 Å². The van der Waals surface area contributed by atoms with E-state index in [4.69, 9.17) is 14.2 Å². The van der Waals surface area contributed by atoms with Crippen LogP contribution < -0.4 is 20.1 Å². The molecule has 1 heterocycles. The molecule has 1 saturated heterocycles. The summed E-state index contributed by atoms with van der Waals surface area (Å²) in [5.74, 6) is 1.31. The van der Waals surface area contributed by atoms with Crippen LogP contribution in [0.4, 0.5) is 0 Å². The van der Waals surface area contributed by atoms with Crippen molar-refractivity contribution in [2.24, 2.45) is 0 Å². The highest BCUT2D eigenvalue weighted by atomic mass is 16.5. The summed E-state index contributed by atoms with van der Waals surface area (Å²) < 4.78 is 16.0. The van der Waals surface area contributed by atoms with Gasteiger partial charge in [0, 0.05) is 18.7 Å². The van der Waals surface area contributed by atoms with Crippen LogP contribution in [0.5, 0.6) is 11.5 Å². The Kier molecular flexibility index (Phi) is 5.41. The average Bonchev–Trinajstić information content (AvgIpc) is 2.54. The van der Waals surface area contributed by atoms with E-state index in [1.165, 1.54) is 0 Å². The summed E-state index contributed by atoms with van der Waals surface area (Å²) in [6, 6.07) is 5.32. The van der Waals surface area contributed by atoms with Gasteiger partial charge in [-0.05, 0) is 25.1 Å². The van der Waals surface area contributed by atoms with Crippen molar-refractivity contribution in [1.82, 2.24) is 10.6 Å². The van der Waals surface area contributed by atoms with Crippen molar-refractivity contribution in [2.45, 2.75) is 19.1 Å². The van der Waals surface area contributed by atoms with Crippen molar-refractivity contribution in [3.05, 3.63) is 23.8 Å². The van der Waals surface area contributed by atoms with Crippen LogP contribution in [0.2, 0.25) is 0 Å². The van der Waals surface area contributed by atoms with E-state index in [2.05, 4.69) is 10.6 Å². The molecule has 1 aromatic rings. The normalized spacial score (nSPS) is 19.7. The molecule has 2 unspecified atom stereocenters. The van der Waals surface area contributed by atoms with Crippen LogP contribution in [0.3, 0.4) is 0 Å². The Labute approximate surface area is 124 Å². The van der Waals surface area contributed by atoms with Crippen molar-refractivity contribution < 1.29 is 19.0 Å². The van der Waals surface area contributed by atoms with Gasteiger partial charge in [-0.1, -0.05) is 0 Å². The van der Waals surface area contributed by atoms with Crippen LogP contribution in [0, 0.1) is 0 Å². The van der Waals surface area contributed by atoms with Crippen LogP contribution >= 0.6 is 0 Å². The number of methoxy groups -OCH3 is 2. The number of hydrogen-bond acceptors (Lipinski definition) is 5. The summed E-state index contributed by atoms with van der Waals surface area (Å²) in [6.45, 7) is 3.78. The van der Waals surface area contributed by atoms with E-state index in [1.54, 1.807) is 14.2 Å². The standard InChI is InChI=1S/C15H22N2O4/c1-10(17-15(18)14-9-16-6-7-21-14)12-8-11(19-2)4-5-13(12)20-3/h4-5,8,10,14,16H,6-7,9H2,1-3H3,(H,17,18). The summed E-state index contributed by atoms with van der Waals surface area (Å²) in [5, 5.41) is 6.09. The SMILES string of the molecule is COc1ccc(OC)c(C(C)NC(=O)C2CNCCO2)c1. The number of nitrogens with one attached hydrogen (secondary N) is 2. The van der Waals surface area contributed by atoms with Gasteiger partial charge in [0.25, 0.3) is 5.91 Å². The molecule has 1 aliphatic rings. The molecule has 0 aromatic heterocycles. The lowest BCUT2D eigenvalue weighted by Gasteiger charge is -2.25. The number of morpholine rings is 1. The highest BCUT2D eigenvalue weighted by Crippen LogP contribution is 2.29. The fourth-order valence-corrected chi connectivity index (χ4v) is 2.30. The van der Waals surface area contributed by atoms with Crippen LogP contribution in [-0.2, 0) is 9.53 Å². The predicted octanol–water partition coefficient (Wildman–Crippen LogP) is 0.869. The van der Waals surface area contributed by atoms with E-state index < -0.39 is 6.10 Å². The lowest BCUT2D eigenvalue weighted by Crippen LogP contribution is -2.48. The maximum Gasteiger partial charge on any atom is 0.250 e. The third kappa shape index (κ3) is 3.86. The first-order chi connectivity index (χ1) is 10.2. The molecule has 0 spiro atoms. The summed E-state index contributed by atoms with van der Waals surface area (Å²) in [4.78, 5) is 12.2. The molecule has 6 heteroatoms. The number of ether oxygens (including phenoxy) is 3. The Balaban J connectivity index is 2.08. The first-order valence-electron chi connectivity index (χ1n) is 7.00. The highest BCUT2D eigenvalue weighted by Gasteiger charge is 2.24. The Morgan fingerprint density at radius 3 is 2.86 bits per heavy atom. The van der Waals surface area contributed by atoms with E-state index in [-0.39, 0.29) is 11.9 Å². The average molecular weight is 294 g/mol. The Morgan fingerprint density at radius 2 is 2.24 bits per heavy atom. The van der Waals surface area contributed by atoms with E-state index in [1.807, 2.05) is 25.1 Å². The summed E-state index contributed by atoms with van der Waals surface area (Å²) >= 11 is 0. The molecule has 1 aliphatic heterocycles. The first kappa shape index (κ1) is 15.6. The minimum Gasteiger partial charge on any atom is -0.497 e. The third-order valence-corrected chi connectivity index (χ3v) is 3.48. The predicted molar refractivity (Wildman–Crippen MR) is 78.7 cm³/mol. The minimum atomic E-state index is -0.446. The van der Waals surface area contributed by atoms with E-state index in [0.717, 1.165) is 17.9 Å². The molecule has 2 rings (SSSR count). The van der Waals surface area contributed by atoms with Gasteiger partial charge in [0.15, 0.2) is 0 Å². The maximum absolute atomic E-state index is 12.2. The molecule has 1 aromatic carbocycles. The van der Waals surface area contributed by atoms with Gasteiger partial charge in [-0.3, -0.25) is 4.79 Å². The number of amides is 1. The zero-order chi connectivity index (χ0) is 15.2. The molecule has 0 bridgehead atoms. The molecule has 1 amide bonds. The molecule has 0 saturated carbocycles. The van der Waals surface area contributed by atoms with Crippen LogP contribution in [-0.4, -0.2) is 45.9 Å². The van der Waals surface area contributed by atoms with Gasteiger partial charge in [-0.2, -0.15) is 0 Å². The largest absolute Gasteiger partial charge is 0.497 e. The van der Waals surface area contributed by atoms with Crippen LogP contribution in [0.25, 0.3) is 0 Å². The van der Waals surface area contributed by atoms with Crippen molar-refractivity contribution in [2.75, 3.05) is 33.9 Å². The Bertz CT molecular complexity index is 487. The van der Waals surface area contributed by atoms with E-state index in [0.29, 0.717) is 18.9 Å². The molecular weight excluding hydrogens is 272 g/mol. The second-order valence-corrected chi connectivity index (χ2v) is 4.90. The first-order valence-corrected chi connectivity index (χ1v) is 7.00. The Hall–Kier alpha value is -1.79. The van der Waals surface area contributed by atoms with Gasteiger partial charge in [0.05, 0.1) is 26.9 Å². The highest BCUT2D eigenvalue weighted by molar-refractivity contribution is 5.81. The van der Waals surface area contributed by atoms with E-state index in [9.17, 15) is 4.79 Å². The molecule has 116 valence electrons. The summed E-state index contributed by atoms with van der Waals surface area (Å²) in [6.07, 6.45) is -0.446. The van der Waals surface area contributed by atoms with Crippen molar-refractivity contribution in [3.8, 4) is 11.5 Å². The van der Waals surface area contributed by atoms with Crippen molar-refractivity contribution >= 4 is 5.91 Å². The molecule has 1 fully saturated rings. The van der Waals surface area contributed by atoms with Gasteiger partial charge in [0.1, 0.15) is 17.6 Å². The number of benzene rings is 1. The van der Waals surface area contributed by atoms with Crippen molar-refractivity contribution in [3.63, 3.8) is 0 Å². The molecule has 21 heavy (non-hydrogen) atoms. The number of hydrogen-bond donors (Lipinski definition) is 2. The smallest absolute Gasteiger partial charge is 0.250 e. The van der Waals surface area contributed by atoms with Gasteiger partial charge in [0.2, 0.25) is 0 Å². The summed E-state index contributed by atoms with van der Waals surface area (Å²) in [5.41, 5.74) is 0.869. The van der Waals surface area contributed by atoms with Crippen LogP contribution in [0.15, 0.2) is 18.2 Å². The number of carbonyl (C=O) groups excluding carboxylic acids is 1. The van der Waals surface area contributed by atoms with E-state index >= 15 is 0 Å². The molecule has 6 nitrogen and oxygen atoms in total. The van der Waals surface area contributed by atoms with Gasteiger partial charge < -0.3 is 24.8 Å². The summed E-state index contributed by atoms with van der Waals surface area (Å²) in [7, 11) is 3.21. The molecule has 0 aliphatic carbocycles. The Morgan fingerprint density at radius 1 is 1.43 bits per heavy atom. The zero-order valence-electron chi connectivity index (χ0n) is 12.6. The fraction of sp³-hybridized carbons (Fsp3) is 0.533. The second-order valence-electron chi connectivity index (χ2n) is 4.90. The molecule has 0 radical (unpaired) electrons. The number of carbonyl (C=O) groups is 1. The fourth-order valence-electron chi connectivity index (χ4n) is 2.30. The molecular formula is C15H22N2O4. The minimum absolute atomic E-state index is 0.125. The molecule has 2 atom stereocenters. The van der Waals surface area contributed by atoms with Crippen LogP contribution in [0.1, 0.15) is 18.5 Å². The number of rotatable bonds is 5. The monoisotopic (exact) mass is 294 g/mol. The maximum atomic E-state index is 12.2. The lowest BCUT2D eigenvalue weighted by atomic mass is 10.1.